The summed E-state index contributed by atoms with van der Waals surface area (Å²) in [4.78, 5) is 0. The zero-order valence-electron chi connectivity index (χ0n) is 12.1. The van der Waals surface area contributed by atoms with Crippen molar-refractivity contribution >= 4 is 0 Å². The number of rotatable bonds is 1. The van der Waals surface area contributed by atoms with Gasteiger partial charge in [-0.3, -0.25) is 0 Å². The van der Waals surface area contributed by atoms with Crippen LogP contribution in [0.1, 0.15) is 49.3 Å². The van der Waals surface area contributed by atoms with Crippen LogP contribution >= 0.6 is 0 Å². The lowest BCUT2D eigenvalue weighted by Gasteiger charge is -2.33. The van der Waals surface area contributed by atoms with Crippen molar-refractivity contribution in [2.75, 3.05) is 0 Å². The minimum atomic E-state index is -3.00. The molecule has 0 amide bonds. The van der Waals surface area contributed by atoms with E-state index in [4.69, 9.17) is 0 Å². The average Bonchev–Trinajstić information content (AvgIpc) is 2.61. The second-order valence-electron chi connectivity index (χ2n) is 6.73. The van der Waals surface area contributed by atoms with Crippen LogP contribution in [0.15, 0.2) is 12.1 Å². The van der Waals surface area contributed by atoms with Crippen LogP contribution in [0.25, 0.3) is 0 Å². The van der Waals surface area contributed by atoms with E-state index in [1.54, 1.807) is 13.0 Å². The van der Waals surface area contributed by atoms with E-state index < -0.39 is 17.7 Å². The molecule has 1 saturated carbocycles. The fourth-order valence-corrected chi connectivity index (χ4v) is 4.05. The van der Waals surface area contributed by atoms with E-state index in [1.165, 1.54) is 6.07 Å². The molecule has 110 valence electrons. The van der Waals surface area contributed by atoms with Crippen molar-refractivity contribution in [3.05, 3.63) is 34.6 Å². The van der Waals surface area contributed by atoms with Crippen LogP contribution in [0, 0.1) is 30.5 Å². The Bertz CT molecular complexity index is 513. The Labute approximate surface area is 118 Å². The summed E-state index contributed by atoms with van der Waals surface area (Å²) in [7, 11) is 0. The summed E-state index contributed by atoms with van der Waals surface area (Å²) >= 11 is 0. The third kappa shape index (κ3) is 2.15. The van der Waals surface area contributed by atoms with Gasteiger partial charge in [-0.15, -0.1) is 0 Å². The van der Waals surface area contributed by atoms with E-state index in [1.807, 2.05) is 0 Å². The predicted octanol–water partition coefficient (Wildman–Crippen LogP) is 5.22. The second-order valence-corrected chi connectivity index (χ2v) is 6.73. The summed E-state index contributed by atoms with van der Waals surface area (Å²) in [6.07, 6.45) is 4.09. The number of fused-ring (bicyclic) bond motifs is 1. The van der Waals surface area contributed by atoms with Crippen LogP contribution in [0.3, 0.4) is 0 Å². The van der Waals surface area contributed by atoms with Crippen molar-refractivity contribution in [2.24, 2.45) is 17.8 Å². The first-order chi connectivity index (χ1) is 9.39. The van der Waals surface area contributed by atoms with Crippen molar-refractivity contribution in [2.45, 2.75) is 51.9 Å². The Hall–Kier alpha value is -0.990. The van der Waals surface area contributed by atoms with E-state index >= 15 is 0 Å². The Morgan fingerprint density at radius 3 is 2.40 bits per heavy atom. The molecule has 0 bridgehead atoms. The zero-order chi connectivity index (χ0) is 14.5. The molecule has 1 fully saturated rings. The van der Waals surface area contributed by atoms with Gasteiger partial charge in [0.2, 0.25) is 0 Å². The first-order valence-corrected chi connectivity index (χ1v) is 7.57. The van der Waals surface area contributed by atoms with Crippen molar-refractivity contribution in [1.82, 2.24) is 0 Å². The summed E-state index contributed by atoms with van der Waals surface area (Å²) < 4.78 is 43.2. The van der Waals surface area contributed by atoms with Crippen LogP contribution in [0.5, 0.6) is 0 Å². The summed E-state index contributed by atoms with van der Waals surface area (Å²) in [6.45, 7) is 3.94. The number of hydrogen-bond donors (Lipinski definition) is 0. The Morgan fingerprint density at radius 2 is 1.75 bits per heavy atom. The fraction of sp³-hybridized carbons (Fsp3) is 0.647. The molecule has 1 aromatic rings. The maximum absolute atomic E-state index is 14.6. The summed E-state index contributed by atoms with van der Waals surface area (Å²) in [5.41, 5.74) is 0.929. The summed E-state index contributed by atoms with van der Waals surface area (Å²) in [5, 5.41) is 0. The number of hydrogen-bond acceptors (Lipinski definition) is 0. The maximum atomic E-state index is 14.6. The van der Waals surface area contributed by atoms with Gasteiger partial charge in [0.05, 0.1) is 5.56 Å². The lowest BCUT2D eigenvalue weighted by molar-refractivity contribution is -0.0835. The van der Waals surface area contributed by atoms with Crippen LogP contribution in [-0.4, -0.2) is 0 Å². The van der Waals surface area contributed by atoms with E-state index in [9.17, 15) is 13.2 Å². The van der Waals surface area contributed by atoms with Crippen molar-refractivity contribution in [1.29, 1.82) is 0 Å². The highest BCUT2D eigenvalue weighted by Crippen LogP contribution is 2.53. The number of aryl methyl sites for hydroxylation is 1. The highest BCUT2D eigenvalue weighted by Gasteiger charge is 2.53. The molecule has 3 heteroatoms. The Morgan fingerprint density at radius 1 is 1.10 bits per heavy atom. The Kier molecular flexibility index (Phi) is 3.34. The predicted molar refractivity (Wildman–Crippen MR) is 73.3 cm³/mol. The van der Waals surface area contributed by atoms with Gasteiger partial charge in [-0.2, -0.15) is 0 Å². The van der Waals surface area contributed by atoms with E-state index in [0.29, 0.717) is 17.9 Å². The monoisotopic (exact) mass is 282 g/mol. The molecule has 0 spiro atoms. The molecule has 0 heterocycles. The third-order valence-electron chi connectivity index (χ3n) is 5.18. The van der Waals surface area contributed by atoms with Gasteiger partial charge in [0, 0.05) is 5.92 Å². The van der Waals surface area contributed by atoms with Gasteiger partial charge in [-0.1, -0.05) is 25.8 Å². The largest absolute Gasteiger partial charge is 0.279 e. The SMILES string of the molecule is Cc1cc(F)c2c(c1)CC(C1CCC(C)CC1)C2(F)F. The highest BCUT2D eigenvalue weighted by molar-refractivity contribution is 5.41. The minimum absolute atomic E-state index is 0.0355. The molecule has 0 N–H and O–H groups in total. The maximum Gasteiger partial charge on any atom is 0.279 e. The fourth-order valence-electron chi connectivity index (χ4n) is 4.05. The molecular formula is C17H21F3. The third-order valence-corrected chi connectivity index (χ3v) is 5.18. The number of benzene rings is 1. The van der Waals surface area contributed by atoms with Gasteiger partial charge in [-0.25, -0.2) is 13.2 Å². The van der Waals surface area contributed by atoms with Gasteiger partial charge >= 0.3 is 0 Å². The first kappa shape index (κ1) is 14.0. The molecule has 1 aromatic carbocycles. The molecule has 1 unspecified atom stereocenters. The van der Waals surface area contributed by atoms with E-state index in [-0.39, 0.29) is 11.5 Å². The molecule has 1 atom stereocenters. The normalized spacial score (nSPS) is 32.1. The van der Waals surface area contributed by atoms with Gasteiger partial charge in [-0.05, 0) is 55.2 Å². The molecular weight excluding hydrogens is 261 g/mol. The minimum Gasteiger partial charge on any atom is -0.206 e. The molecule has 0 aromatic heterocycles. The number of halogens is 3. The van der Waals surface area contributed by atoms with Crippen LogP contribution in [0.2, 0.25) is 0 Å². The average molecular weight is 282 g/mol. The lowest BCUT2D eigenvalue weighted by Crippen LogP contribution is -2.31. The van der Waals surface area contributed by atoms with Crippen molar-refractivity contribution in [3.63, 3.8) is 0 Å². The number of alkyl halides is 2. The molecule has 0 saturated heterocycles. The highest BCUT2D eigenvalue weighted by atomic mass is 19.3. The van der Waals surface area contributed by atoms with Gasteiger partial charge < -0.3 is 0 Å². The first-order valence-electron chi connectivity index (χ1n) is 7.57. The van der Waals surface area contributed by atoms with Gasteiger partial charge in [0.15, 0.2) is 0 Å². The Balaban J connectivity index is 1.92. The molecule has 0 aliphatic heterocycles. The van der Waals surface area contributed by atoms with E-state index in [2.05, 4.69) is 6.92 Å². The van der Waals surface area contributed by atoms with Crippen LogP contribution in [-0.2, 0) is 12.3 Å². The lowest BCUT2D eigenvalue weighted by atomic mass is 9.74. The molecule has 2 aliphatic rings. The zero-order valence-corrected chi connectivity index (χ0v) is 12.1. The summed E-state index contributed by atoms with van der Waals surface area (Å²) in [6, 6.07) is 2.97. The molecule has 0 nitrogen and oxygen atoms in total. The standard InChI is InChI=1S/C17H21F3/c1-10-3-5-12(6-4-10)14-9-13-7-11(2)8-15(18)16(13)17(14,19)20/h7-8,10,12,14H,3-6,9H2,1-2H3. The van der Waals surface area contributed by atoms with Crippen molar-refractivity contribution in [3.8, 4) is 0 Å². The quantitative estimate of drug-likeness (QED) is 0.662. The molecule has 2 aliphatic carbocycles. The molecule has 3 rings (SSSR count). The van der Waals surface area contributed by atoms with Crippen LogP contribution in [0.4, 0.5) is 13.2 Å². The topological polar surface area (TPSA) is 0 Å². The molecule has 20 heavy (non-hydrogen) atoms. The van der Waals surface area contributed by atoms with Gasteiger partial charge in [0.1, 0.15) is 5.82 Å². The molecule has 0 radical (unpaired) electrons. The second kappa shape index (κ2) is 4.78. The van der Waals surface area contributed by atoms with Crippen LogP contribution < -0.4 is 0 Å². The summed E-state index contributed by atoms with van der Waals surface area (Å²) in [5.74, 6) is -3.76. The smallest absolute Gasteiger partial charge is 0.206 e. The van der Waals surface area contributed by atoms with E-state index in [0.717, 1.165) is 31.2 Å². The van der Waals surface area contributed by atoms with Gasteiger partial charge in [0.25, 0.3) is 5.92 Å². The van der Waals surface area contributed by atoms with Crippen molar-refractivity contribution < 1.29 is 13.2 Å².